The van der Waals surface area contributed by atoms with Crippen LogP contribution in [0.25, 0.3) is 0 Å². The number of carbonyl (C=O) groups is 2. The number of nitrogens with zero attached hydrogens (tertiary/aromatic N) is 1. The average molecular weight is 446 g/mol. The van der Waals surface area contributed by atoms with Crippen molar-refractivity contribution in [3.05, 3.63) is 63.6 Å². The Bertz CT molecular complexity index is 905. The lowest BCUT2D eigenvalue weighted by atomic mass is 10.0. The van der Waals surface area contributed by atoms with Crippen LogP contribution < -0.4 is 10.7 Å². The Hall–Kier alpha value is -2.42. The lowest BCUT2D eigenvalue weighted by Crippen LogP contribution is -2.60. The third-order valence-electron chi connectivity index (χ3n) is 3.81. The van der Waals surface area contributed by atoms with Gasteiger partial charge in [0.05, 0.1) is 17.8 Å². The summed E-state index contributed by atoms with van der Waals surface area (Å²) in [6.45, 7) is 3.34. The number of nitrogens with one attached hydrogen (secondary N) is 2. The molecular weight excluding hydrogens is 427 g/mol. The highest BCUT2D eigenvalue weighted by Crippen LogP contribution is 2.23. The van der Waals surface area contributed by atoms with Crippen molar-refractivity contribution >= 4 is 40.8 Å². The second-order valence-electron chi connectivity index (χ2n) is 6.73. The van der Waals surface area contributed by atoms with Gasteiger partial charge in [0, 0.05) is 28.8 Å². The number of ether oxygens (including phenoxy) is 1. The molecule has 10 heteroatoms. The summed E-state index contributed by atoms with van der Waals surface area (Å²) >= 11 is 11.9. The SMILES string of the molecule is COCC(C)(C)N(NC(=O)Nc1cc(F)ccc1F)C(=O)c1cc(Cl)cc(Cl)c1. The van der Waals surface area contributed by atoms with E-state index >= 15 is 0 Å². The molecule has 0 heterocycles. The van der Waals surface area contributed by atoms with Crippen LogP contribution >= 0.6 is 23.2 Å². The number of amides is 3. The molecule has 0 saturated carbocycles. The highest BCUT2D eigenvalue weighted by Gasteiger charge is 2.34. The van der Waals surface area contributed by atoms with E-state index in [1.807, 2.05) is 0 Å². The van der Waals surface area contributed by atoms with Crippen LogP contribution in [0.4, 0.5) is 19.3 Å². The van der Waals surface area contributed by atoms with Gasteiger partial charge in [0.15, 0.2) is 0 Å². The van der Waals surface area contributed by atoms with Crippen molar-refractivity contribution in [1.29, 1.82) is 0 Å². The molecule has 2 rings (SSSR count). The van der Waals surface area contributed by atoms with Crippen LogP contribution in [0, 0.1) is 11.6 Å². The zero-order valence-electron chi connectivity index (χ0n) is 15.9. The predicted molar refractivity (Wildman–Crippen MR) is 107 cm³/mol. The molecule has 0 aromatic heterocycles. The van der Waals surface area contributed by atoms with E-state index in [0.29, 0.717) is 0 Å². The lowest BCUT2D eigenvalue weighted by Gasteiger charge is -2.37. The lowest BCUT2D eigenvalue weighted by molar-refractivity contribution is 0.0114. The standard InChI is InChI=1S/C19H19Cl2F2N3O3/c1-19(2,10-29-3)26(17(27)11-6-12(20)8-13(21)7-11)25-18(28)24-16-9-14(22)4-5-15(16)23/h4-9H,10H2,1-3H3,(H2,24,25,28). The van der Waals surface area contributed by atoms with E-state index in [2.05, 4.69) is 10.7 Å². The Morgan fingerprint density at radius 2 is 1.72 bits per heavy atom. The fraction of sp³-hybridized carbons (Fsp3) is 0.263. The number of rotatable bonds is 5. The molecule has 0 saturated heterocycles. The first-order valence-corrected chi connectivity index (χ1v) is 9.11. The first-order valence-electron chi connectivity index (χ1n) is 8.36. The van der Waals surface area contributed by atoms with E-state index in [1.165, 1.54) is 25.3 Å². The smallest absolute Gasteiger partial charge is 0.338 e. The second-order valence-corrected chi connectivity index (χ2v) is 7.61. The molecule has 0 radical (unpaired) electrons. The summed E-state index contributed by atoms with van der Waals surface area (Å²) in [5.41, 5.74) is 1.07. The summed E-state index contributed by atoms with van der Waals surface area (Å²) in [6.07, 6.45) is 0. The molecule has 0 aliphatic heterocycles. The molecule has 3 amide bonds. The minimum atomic E-state index is -1.02. The molecule has 2 N–H and O–H groups in total. The Kier molecular flexibility index (Phi) is 7.40. The third kappa shape index (κ3) is 6.03. The van der Waals surface area contributed by atoms with E-state index in [1.54, 1.807) is 13.8 Å². The Morgan fingerprint density at radius 1 is 1.10 bits per heavy atom. The van der Waals surface area contributed by atoms with Crippen molar-refractivity contribution in [2.45, 2.75) is 19.4 Å². The monoisotopic (exact) mass is 445 g/mol. The zero-order valence-corrected chi connectivity index (χ0v) is 17.4. The molecule has 2 aromatic rings. The number of carbonyl (C=O) groups excluding carboxylic acids is 2. The fourth-order valence-corrected chi connectivity index (χ4v) is 3.07. The largest absolute Gasteiger partial charge is 0.382 e. The van der Waals surface area contributed by atoms with Crippen LogP contribution in [0.5, 0.6) is 0 Å². The summed E-state index contributed by atoms with van der Waals surface area (Å²) < 4.78 is 32.3. The van der Waals surface area contributed by atoms with Crippen LogP contribution in [0.15, 0.2) is 36.4 Å². The van der Waals surface area contributed by atoms with Crippen LogP contribution in [-0.2, 0) is 4.74 Å². The number of methoxy groups -OCH3 is 1. The van der Waals surface area contributed by atoms with Crippen molar-refractivity contribution in [2.24, 2.45) is 0 Å². The van der Waals surface area contributed by atoms with E-state index in [-0.39, 0.29) is 27.9 Å². The Labute approximate surface area is 176 Å². The molecule has 29 heavy (non-hydrogen) atoms. The summed E-state index contributed by atoms with van der Waals surface area (Å²) in [6, 6.07) is 5.88. The van der Waals surface area contributed by atoms with Gasteiger partial charge in [0.2, 0.25) is 0 Å². The van der Waals surface area contributed by atoms with E-state index < -0.39 is 29.1 Å². The maximum atomic E-state index is 13.8. The molecule has 0 fully saturated rings. The molecule has 0 spiro atoms. The Morgan fingerprint density at radius 3 is 2.31 bits per heavy atom. The number of urea groups is 1. The minimum Gasteiger partial charge on any atom is -0.382 e. The quantitative estimate of drug-likeness (QED) is 0.644. The number of benzene rings is 2. The van der Waals surface area contributed by atoms with Gasteiger partial charge in [-0.3, -0.25) is 4.79 Å². The predicted octanol–water partition coefficient (Wildman–Crippen LogP) is 4.88. The highest BCUT2D eigenvalue weighted by atomic mass is 35.5. The number of hydrogen-bond donors (Lipinski definition) is 2. The van der Waals surface area contributed by atoms with Gasteiger partial charge >= 0.3 is 6.03 Å². The summed E-state index contributed by atoms with van der Waals surface area (Å²) in [7, 11) is 1.43. The maximum absolute atomic E-state index is 13.8. The molecule has 2 aromatic carbocycles. The third-order valence-corrected chi connectivity index (χ3v) is 4.24. The number of hydrazine groups is 1. The second kappa shape index (κ2) is 9.39. The van der Waals surface area contributed by atoms with Gasteiger partial charge in [-0.15, -0.1) is 0 Å². The number of halogens is 4. The molecule has 0 bridgehead atoms. The topological polar surface area (TPSA) is 70.7 Å². The first-order chi connectivity index (χ1) is 13.5. The van der Waals surface area contributed by atoms with Crippen LogP contribution in [0.1, 0.15) is 24.2 Å². The average Bonchev–Trinajstić information content (AvgIpc) is 2.61. The Balaban J connectivity index is 2.31. The van der Waals surface area contributed by atoms with Gasteiger partial charge in [-0.25, -0.2) is 24.0 Å². The number of anilines is 1. The minimum absolute atomic E-state index is 0.0572. The van der Waals surface area contributed by atoms with Gasteiger partial charge in [-0.05, 0) is 44.2 Å². The van der Waals surface area contributed by atoms with Crippen molar-refractivity contribution < 1.29 is 23.1 Å². The van der Waals surface area contributed by atoms with Gasteiger partial charge in [-0.2, -0.15) is 0 Å². The van der Waals surface area contributed by atoms with Crippen LogP contribution in [0.3, 0.4) is 0 Å². The first kappa shape index (κ1) is 22.9. The van der Waals surface area contributed by atoms with Gasteiger partial charge in [0.25, 0.3) is 5.91 Å². The summed E-state index contributed by atoms with van der Waals surface area (Å²) in [5, 5.41) is 3.64. The van der Waals surface area contributed by atoms with Crippen molar-refractivity contribution in [2.75, 3.05) is 19.0 Å². The zero-order chi connectivity index (χ0) is 21.8. The van der Waals surface area contributed by atoms with E-state index in [0.717, 1.165) is 23.2 Å². The van der Waals surface area contributed by atoms with E-state index in [4.69, 9.17) is 27.9 Å². The molecular formula is C19H19Cl2F2N3O3. The number of hydrogen-bond acceptors (Lipinski definition) is 3. The van der Waals surface area contributed by atoms with Crippen LogP contribution in [-0.4, -0.2) is 36.2 Å². The normalized spacial score (nSPS) is 11.1. The molecule has 0 aliphatic rings. The molecule has 0 unspecified atom stereocenters. The van der Waals surface area contributed by atoms with Gasteiger partial charge in [-0.1, -0.05) is 23.2 Å². The molecule has 0 atom stereocenters. The van der Waals surface area contributed by atoms with Crippen molar-refractivity contribution in [3.8, 4) is 0 Å². The van der Waals surface area contributed by atoms with Crippen LogP contribution in [0.2, 0.25) is 10.0 Å². The fourth-order valence-electron chi connectivity index (χ4n) is 2.55. The molecule has 0 aliphatic carbocycles. The maximum Gasteiger partial charge on any atom is 0.338 e. The van der Waals surface area contributed by atoms with Gasteiger partial charge < -0.3 is 10.1 Å². The van der Waals surface area contributed by atoms with Gasteiger partial charge in [0.1, 0.15) is 11.6 Å². The highest BCUT2D eigenvalue weighted by molar-refractivity contribution is 6.35. The van der Waals surface area contributed by atoms with Crippen molar-refractivity contribution in [1.82, 2.24) is 10.4 Å². The molecule has 6 nitrogen and oxygen atoms in total. The van der Waals surface area contributed by atoms with E-state index in [9.17, 15) is 18.4 Å². The summed E-state index contributed by atoms with van der Waals surface area (Å²) in [5.74, 6) is -2.20. The van der Waals surface area contributed by atoms with Crippen molar-refractivity contribution in [3.63, 3.8) is 0 Å². The molecule has 156 valence electrons. The summed E-state index contributed by atoms with van der Waals surface area (Å²) in [4.78, 5) is 25.5.